The molecule has 0 saturated carbocycles. The predicted octanol–water partition coefficient (Wildman–Crippen LogP) is 0.567. The highest BCUT2D eigenvalue weighted by Gasteiger charge is 1.89. The Morgan fingerprint density at radius 1 is 1.36 bits per heavy atom. The molecule has 3 nitrogen and oxygen atoms in total. The van der Waals surface area contributed by atoms with Crippen LogP contribution < -0.4 is 10.9 Å². The van der Waals surface area contributed by atoms with E-state index < -0.39 is 0 Å². The van der Waals surface area contributed by atoms with Crippen LogP contribution in [0.4, 0.5) is 0 Å². The van der Waals surface area contributed by atoms with Gasteiger partial charge in [-0.25, -0.2) is 0 Å². The van der Waals surface area contributed by atoms with Crippen molar-refractivity contribution in [3.8, 4) is 0 Å². The molecule has 0 aromatic heterocycles. The van der Waals surface area contributed by atoms with Gasteiger partial charge in [-0.05, 0) is 23.9 Å². The molecule has 60 valence electrons. The maximum atomic E-state index is 2.89. The van der Waals surface area contributed by atoms with Gasteiger partial charge in [0.2, 0.25) is 0 Å². The van der Waals surface area contributed by atoms with Gasteiger partial charge in [-0.3, -0.25) is 0 Å². The Kier molecular flexibility index (Phi) is 2.60. The van der Waals surface area contributed by atoms with E-state index in [1.165, 1.54) is 0 Å². The minimum Gasteiger partial charge on any atom is -0.383 e. The van der Waals surface area contributed by atoms with E-state index in [4.69, 9.17) is 0 Å². The lowest BCUT2D eigenvalue weighted by Gasteiger charge is -2.08. The van der Waals surface area contributed by atoms with Gasteiger partial charge in [0, 0.05) is 26.5 Å². The minimum atomic E-state index is 1.15. The third-order valence-electron chi connectivity index (χ3n) is 1.25. The Morgan fingerprint density at radius 3 is 2.73 bits per heavy atom. The molecule has 1 aliphatic rings. The van der Waals surface area contributed by atoms with Crippen molar-refractivity contribution < 1.29 is 0 Å². The van der Waals surface area contributed by atoms with Crippen LogP contribution in [0.1, 0.15) is 0 Å². The molecular weight excluding hydrogens is 138 g/mol. The number of rotatable bonds is 2. The number of hydrogen-bond acceptors (Lipinski definition) is 3. The lowest BCUT2D eigenvalue weighted by atomic mass is 10.2. The summed E-state index contributed by atoms with van der Waals surface area (Å²) in [5.41, 5.74) is 6.89. The van der Waals surface area contributed by atoms with Gasteiger partial charge in [0.1, 0.15) is 0 Å². The molecule has 0 aliphatic carbocycles. The Bertz CT molecular complexity index is 201. The normalized spacial score (nSPS) is 15.6. The van der Waals surface area contributed by atoms with Gasteiger partial charge in [-0.1, -0.05) is 0 Å². The Balaban J connectivity index is 2.48. The van der Waals surface area contributed by atoms with Gasteiger partial charge in [-0.15, -0.1) is 0 Å². The molecule has 0 aromatic rings. The van der Waals surface area contributed by atoms with E-state index in [0.29, 0.717) is 0 Å². The van der Waals surface area contributed by atoms with Crippen molar-refractivity contribution in [2.45, 2.75) is 0 Å². The highest BCUT2D eigenvalue weighted by Crippen LogP contribution is 1.99. The van der Waals surface area contributed by atoms with Crippen LogP contribution in [0, 0.1) is 0 Å². The van der Waals surface area contributed by atoms with Crippen molar-refractivity contribution in [3.63, 3.8) is 0 Å². The van der Waals surface area contributed by atoms with Gasteiger partial charge in [0.15, 0.2) is 0 Å². The molecule has 1 heterocycles. The van der Waals surface area contributed by atoms with Gasteiger partial charge in [0.05, 0.1) is 0 Å². The van der Waals surface area contributed by atoms with E-state index >= 15 is 0 Å². The summed E-state index contributed by atoms with van der Waals surface area (Å²) in [4.78, 5) is 2.00. The quantitative estimate of drug-likeness (QED) is 0.604. The summed E-state index contributed by atoms with van der Waals surface area (Å²) in [7, 11) is 3.99. The molecule has 0 amide bonds. The van der Waals surface area contributed by atoms with Gasteiger partial charge in [0.25, 0.3) is 0 Å². The maximum Gasteiger partial charge on any atom is 0.0251 e. The van der Waals surface area contributed by atoms with Crippen LogP contribution in [0.25, 0.3) is 0 Å². The van der Waals surface area contributed by atoms with Crippen LogP contribution in [0.5, 0.6) is 0 Å². The topological polar surface area (TPSA) is 27.3 Å². The van der Waals surface area contributed by atoms with Crippen LogP contribution in [-0.4, -0.2) is 19.0 Å². The number of allylic oxidation sites excluding steroid dienone is 3. The molecule has 0 atom stereocenters. The molecule has 0 spiro atoms. The highest BCUT2D eigenvalue weighted by atomic mass is 15.3. The molecule has 2 N–H and O–H groups in total. The molecule has 1 aliphatic heterocycles. The van der Waals surface area contributed by atoms with Gasteiger partial charge in [-0.2, -0.15) is 0 Å². The summed E-state index contributed by atoms with van der Waals surface area (Å²) in [6, 6.07) is 0. The summed E-state index contributed by atoms with van der Waals surface area (Å²) in [5, 5.41) is 0. The summed E-state index contributed by atoms with van der Waals surface area (Å²) < 4.78 is 0. The standard InChI is InChI=1S/C8H13N3/c1-11(2)6-4-8-3-5-9-10-7-8/h3-7,9-10H,1-2H3/b6-4+. The van der Waals surface area contributed by atoms with E-state index in [2.05, 4.69) is 10.9 Å². The third-order valence-corrected chi connectivity index (χ3v) is 1.25. The molecule has 3 heteroatoms. The average molecular weight is 151 g/mol. The second-order valence-electron chi connectivity index (χ2n) is 2.55. The van der Waals surface area contributed by atoms with Crippen LogP contribution in [0.2, 0.25) is 0 Å². The third kappa shape index (κ3) is 2.80. The van der Waals surface area contributed by atoms with Crippen molar-refractivity contribution in [2.24, 2.45) is 0 Å². The number of nitrogens with one attached hydrogen (secondary N) is 2. The molecule has 0 aromatic carbocycles. The van der Waals surface area contributed by atoms with Gasteiger partial charge < -0.3 is 15.8 Å². The van der Waals surface area contributed by atoms with Crippen LogP contribution >= 0.6 is 0 Å². The van der Waals surface area contributed by atoms with Crippen LogP contribution in [0.15, 0.2) is 36.3 Å². The zero-order valence-electron chi connectivity index (χ0n) is 6.83. The van der Waals surface area contributed by atoms with Crippen molar-refractivity contribution in [3.05, 3.63) is 36.3 Å². The molecule has 0 bridgehead atoms. The number of nitrogens with zero attached hydrogens (tertiary/aromatic N) is 1. The molecule has 0 unspecified atom stereocenters. The molecule has 0 fully saturated rings. The van der Waals surface area contributed by atoms with Crippen molar-refractivity contribution in [1.29, 1.82) is 0 Å². The van der Waals surface area contributed by atoms with E-state index in [1.54, 1.807) is 0 Å². The predicted molar refractivity (Wildman–Crippen MR) is 46.3 cm³/mol. The molecule has 1 rings (SSSR count). The Hall–Kier alpha value is -1.38. The summed E-state index contributed by atoms with van der Waals surface area (Å²) in [6.45, 7) is 0. The lowest BCUT2D eigenvalue weighted by Crippen LogP contribution is -2.23. The first-order valence-electron chi connectivity index (χ1n) is 3.51. The summed E-state index contributed by atoms with van der Waals surface area (Å²) >= 11 is 0. The largest absolute Gasteiger partial charge is 0.383 e. The monoisotopic (exact) mass is 151 g/mol. The fourth-order valence-corrected chi connectivity index (χ4v) is 0.698. The smallest absolute Gasteiger partial charge is 0.0251 e. The second-order valence-corrected chi connectivity index (χ2v) is 2.55. The van der Waals surface area contributed by atoms with Crippen molar-refractivity contribution in [1.82, 2.24) is 15.8 Å². The summed E-state index contributed by atoms with van der Waals surface area (Å²) in [5.74, 6) is 0. The highest BCUT2D eigenvalue weighted by molar-refractivity contribution is 5.30. The molecule has 0 radical (unpaired) electrons. The number of hydrogen-bond donors (Lipinski definition) is 2. The SMILES string of the molecule is CN(C)/C=C/C1=CNNC=C1. The van der Waals surface area contributed by atoms with Crippen molar-refractivity contribution >= 4 is 0 Å². The Morgan fingerprint density at radius 2 is 2.18 bits per heavy atom. The van der Waals surface area contributed by atoms with Gasteiger partial charge >= 0.3 is 0 Å². The zero-order valence-corrected chi connectivity index (χ0v) is 6.83. The minimum absolute atomic E-state index is 1.15. The molecular formula is C8H13N3. The van der Waals surface area contributed by atoms with E-state index in [-0.39, 0.29) is 0 Å². The lowest BCUT2D eigenvalue weighted by molar-refractivity contribution is 0.563. The van der Waals surface area contributed by atoms with Crippen molar-refractivity contribution in [2.75, 3.05) is 14.1 Å². The first-order valence-corrected chi connectivity index (χ1v) is 3.51. The molecule has 0 saturated heterocycles. The Labute approximate surface area is 67.0 Å². The summed E-state index contributed by atoms with van der Waals surface area (Å²) in [6.07, 6.45) is 9.79. The maximum absolute atomic E-state index is 2.89. The zero-order chi connectivity index (χ0) is 8.10. The van der Waals surface area contributed by atoms with E-state index in [9.17, 15) is 0 Å². The number of hydrazine groups is 1. The van der Waals surface area contributed by atoms with E-state index in [0.717, 1.165) is 5.57 Å². The second kappa shape index (κ2) is 3.71. The van der Waals surface area contributed by atoms with Crippen LogP contribution in [0.3, 0.4) is 0 Å². The first kappa shape index (κ1) is 7.72. The fraction of sp³-hybridized carbons (Fsp3) is 0.250. The fourth-order valence-electron chi connectivity index (χ4n) is 0.698. The average Bonchev–Trinajstić information content (AvgIpc) is 2.03. The molecule has 11 heavy (non-hydrogen) atoms. The first-order chi connectivity index (χ1) is 5.29. The van der Waals surface area contributed by atoms with Crippen LogP contribution in [-0.2, 0) is 0 Å². The van der Waals surface area contributed by atoms with E-state index in [1.807, 2.05) is 49.7 Å².